The summed E-state index contributed by atoms with van der Waals surface area (Å²) in [5.41, 5.74) is 8.02. The third kappa shape index (κ3) is 2.46. The molecular formula is C10H11N5O3P+. The van der Waals surface area contributed by atoms with Crippen LogP contribution in [0.5, 0.6) is 0 Å². The maximum absolute atomic E-state index is 10.4. The van der Waals surface area contributed by atoms with E-state index in [1.165, 1.54) is 6.33 Å². The molecule has 2 heterocycles. The first-order valence-corrected chi connectivity index (χ1v) is 6.71. The van der Waals surface area contributed by atoms with E-state index in [1.807, 2.05) is 6.20 Å². The van der Waals surface area contributed by atoms with Gasteiger partial charge in [-0.1, -0.05) is 0 Å². The van der Waals surface area contributed by atoms with Gasteiger partial charge in [-0.2, -0.15) is 0 Å². The lowest BCUT2D eigenvalue weighted by Gasteiger charge is -1.95. The smallest absolute Gasteiger partial charge is 0.382 e. The third-order valence-corrected chi connectivity index (χ3v) is 3.29. The van der Waals surface area contributed by atoms with Crippen molar-refractivity contribution in [1.29, 1.82) is 0 Å². The third-order valence-electron chi connectivity index (χ3n) is 2.92. The van der Waals surface area contributed by atoms with Crippen molar-refractivity contribution in [2.45, 2.75) is 6.42 Å². The van der Waals surface area contributed by atoms with E-state index in [1.54, 1.807) is 10.9 Å². The van der Waals surface area contributed by atoms with Gasteiger partial charge in [0.25, 0.3) is 0 Å². The van der Waals surface area contributed by atoms with Crippen molar-refractivity contribution in [2.75, 3.05) is 12.3 Å². The molecule has 8 nitrogen and oxygen atoms in total. The minimum absolute atomic E-state index is 0.183. The number of nitrogen functional groups attached to an aromatic ring is 1. The summed E-state index contributed by atoms with van der Waals surface area (Å²) in [6.07, 6.45) is 5.73. The number of fused-ring (bicyclic) bond motifs is 1. The Morgan fingerprint density at radius 2 is 2.42 bits per heavy atom. The lowest BCUT2D eigenvalue weighted by Crippen LogP contribution is -1.94. The van der Waals surface area contributed by atoms with Gasteiger partial charge in [-0.3, -0.25) is 4.57 Å². The second-order valence-electron chi connectivity index (χ2n) is 4.22. The molecule has 0 saturated heterocycles. The molecule has 3 rings (SSSR count). The van der Waals surface area contributed by atoms with Crippen molar-refractivity contribution in [1.82, 2.24) is 19.5 Å². The molecule has 1 saturated carbocycles. The number of rotatable bonds is 4. The topological polar surface area (TPSA) is 116 Å². The molecule has 9 heteroatoms. The van der Waals surface area contributed by atoms with Gasteiger partial charge in [-0.05, 0) is 12.0 Å². The molecule has 0 aromatic carbocycles. The molecule has 2 aromatic rings. The van der Waals surface area contributed by atoms with E-state index < -0.39 is 8.25 Å². The molecule has 2 aromatic heterocycles. The predicted molar refractivity (Wildman–Crippen MR) is 67.9 cm³/mol. The summed E-state index contributed by atoms with van der Waals surface area (Å²) in [7, 11) is -2.53. The van der Waals surface area contributed by atoms with Crippen molar-refractivity contribution >= 4 is 31.4 Å². The maximum Gasteiger partial charge on any atom is 0.694 e. The van der Waals surface area contributed by atoms with Gasteiger partial charge < -0.3 is 5.73 Å². The van der Waals surface area contributed by atoms with Crippen molar-refractivity contribution in [3.63, 3.8) is 0 Å². The Morgan fingerprint density at radius 3 is 3.21 bits per heavy atom. The molecule has 2 unspecified atom stereocenters. The molecule has 0 amide bonds. The highest BCUT2D eigenvalue weighted by Gasteiger charge is 2.33. The minimum atomic E-state index is -2.53. The van der Waals surface area contributed by atoms with Crippen LogP contribution in [0, 0.1) is 5.92 Å². The van der Waals surface area contributed by atoms with E-state index in [-0.39, 0.29) is 12.5 Å². The zero-order valence-corrected chi connectivity index (χ0v) is 10.7. The summed E-state index contributed by atoms with van der Waals surface area (Å²) in [5.74, 6) is 0.526. The highest BCUT2D eigenvalue weighted by Crippen LogP contribution is 2.40. The molecule has 19 heavy (non-hydrogen) atoms. The number of imidazole rings is 1. The number of hydrogen-bond donors (Lipinski definition) is 2. The fraction of sp³-hybridized carbons (Fsp3) is 0.300. The average molecular weight is 280 g/mol. The van der Waals surface area contributed by atoms with E-state index in [4.69, 9.17) is 10.6 Å². The van der Waals surface area contributed by atoms with Crippen molar-refractivity contribution < 1.29 is 14.0 Å². The van der Waals surface area contributed by atoms with Crippen LogP contribution in [0.3, 0.4) is 0 Å². The van der Waals surface area contributed by atoms with Gasteiger partial charge in [-0.25, -0.2) is 15.0 Å². The summed E-state index contributed by atoms with van der Waals surface area (Å²) in [6, 6.07) is 0. The van der Waals surface area contributed by atoms with E-state index in [0.29, 0.717) is 17.0 Å². The molecule has 0 bridgehead atoms. The van der Waals surface area contributed by atoms with Gasteiger partial charge in [0.05, 0.1) is 0 Å². The Morgan fingerprint density at radius 1 is 1.58 bits per heavy atom. The van der Waals surface area contributed by atoms with Gasteiger partial charge >= 0.3 is 8.25 Å². The molecule has 2 atom stereocenters. The summed E-state index contributed by atoms with van der Waals surface area (Å²) in [4.78, 5) is 20.7. The molecule has 98 valence electrons. The molecule has 0 radical (unpaired) electrons. The van der Waals surface area contributed by atoms with E-state index in [0.717, 1.165) is 12.0 Å². The normalized spacial score (nSPS) is 21.0. The van der Waals surface area contributed by atoms with E-state index >= 15 is 0 Å². The van der Waals surface area contributed by atoms with Crippen LogP contribution in [0.25, 0.3) is 17.4 Å². The number of anilines is 1. The quantitative estimate of drug-likeness (QED) is 0.800. The van der Waals surface area contributed by atoms with Gasteiger partial charge in [0.15, 0.2) is 17.0 Å². The second kappa shape index (κ2) is 4.65. The Balaban J connectivity index is 1.80. The number of aromatic nitrogens is 4. The average Bonchev–Trinajstić information content (AvgIpc) is 2.98. The van der Waals surface area contributed by atoms with Gasteiger partial charge in [0.1, 0.15) is 19.3 Å². The zero-order chi connectivity index (χ0) is 13.4. The van der Waals surface area contributed by atoms with Gasteiger partial charge in [0.2, 0.25) is 0 Å². The fourth-order valence-corrected chi connectivity index (χ4v) is 2.15. The monoisotopic (exact) mass is 280 g/mol. The molecule has 0 aliphatic heterocycles. The van der Waals surface area contributed by atoms with Crippen molar-refractivity contribution in [3.05, 3.63) is 18.2 Å². The van der Waals surface area contributed by atoms with Crippen LogP contribution in [0.1, 0.15) is 6.42 Å². The minimum Gasteiger partial charge on any atom is -0.382 e. The summed E-state index contributed by atoms with van der Waals surface area (Å²) >= 11 is 0. The van der Waals surface area contributed by atoms with E-state index in [2.05, 4.69) is 19.5 Å². The van der Waals surface area contributed by atoms with Crippen LogP contribution in [0.4, 0.5) is 5.82 Å². The fourth-order valence-electron chi connectivity index (χ4n) is 1.85. The highest BCUT2D eigenvalue weighted by molar-refractivity contribution is 7.32. The molecular weight excluding hydrogens is 269 g/mol. The van der Waals surface area contributed by atoms with Crippen molar-refractivity contribution in [2.24, 2.45) is 5.92 Å². The predicted octanol–water partition coefficient (Wildman–Crippen LogP) is 0.936. The van der Waals surface area contributed by atoms with Crippen LogP contribution in [-0.2, 0) is 9.09 Å². The first kappa shape index (κ1) is 12.2. The van der Waals surface area contributed by atoms with Crippen LogP contribution in [0.2, 0.25) is 0 Å². The zero-order valence-electron chi connectivity index (χ0n) is 9.80. The molecule has 0 spiro atoms. The highest BCUT2D eigenvalue weighted by atomic mass is 31.1. The first-order valence-electron chi connectivity index (χ1n) is 5.58. The van der Waals surface area contributed by atoms with Gasteiger partial charge in [0, 0.05) is 16.7 Å². The number of nitrogens with two attached hydrogens (primary N) is 1. The lowest BCUT2D eigenvalue weighted by atomic mass is 10.4. The Kier molecular flexibility index (Phi) is 2.98. The SMILES string of the molecule is Nc1ncnc2c1ncn2/C=C1/CC1CO[P+](=O)O. The maximum atomic E-state index is 10.4. The summed E-state index contributed by atoms with van der Waals surface area (Å²) in [6.45, 7) is 0.251. The number of nitrogens with zero attached hydrogens (tertiary/aromatic N) is 4. The molecule has 3 N–H and O–H groups in total. The Hall–Kier alpha value is -1.89. The Bertz CT molecular complexity index is 683. The molecule has 1 fully saturated rings. The van der Waals surface area contributed by atoms with E-state index in [9.17, 15) is 4.57 Å². The van der Waals surface area contributed by atoms with Crippen molar-refractivity contribution in [3.8, 4) is 0 Å². The van der Waals surface area contributed by atoms with Crippen LogP contribution < -0.4 is 5.73 Å². The standard InChI is InChI=1S/C10H10N5O3P/c11-9-8-10(13-4-12-9)15(5-14-8)2-6-1-7(6)3-18-19(16)17/h2,4-5,7H,1,3H2,(H2-,11,12,13,16,17)/p+1/b6-2-. The number of hydrogen-bond acceptors (Lipinski definition) is 6. The lowest BCUT2D eigenvalue weighted by molar-refractivity contribution is 0.272. The first-order chi connectivity index (χ1) is 9.15. The Labute approximate surface area is 108 Å². The van der Waals surface area contributed by atoms with Gasteiger partial charge in [-0.15, -0.1) is 9.42 Å². The van der Waals surface area contributed by atoms with Crippen LogP contribution in [0.15, 0.2) is 18.2 Å². The largest absolute Gasteiger partial charge is 0.694 e. The molecule has 1 aliphatic carbocycles. The van der Waals surface area contributed by atoms with Crippen LogP contribution in [-0.4, -0.2) is 31.0 Å². The second-order valence-corrected chi connectivity index (χ2v) is 4.96. The molecule has 1 aliphatic rings. The summed E-state index contributed by atoms with van der Waals surface area (Å²) < 4.78 is 16.9. The van der Waals surface area contributed by atoms with Crippen LogP contribution >= 0.6 is 8.25 Å². The summed E-state index contributed by atoms with van der Waals surface area (Å²) in [5, 5.41) is 0.